The number of hydrogen-bond acceptors (Lipinski definition) is 3. The highest BCUT2D eigenvalue weighted by molar-refractivity contribution is 8.03. The second-order valence-corrected chi connectivity index (χ2v) is 6.77. The number of aliphatic hydroxyl groups is 1. The van der Waals surface area contributed by atoms with E-state index in [1.165, 1.54) is 19.1 Å². The fourth-order valence-corrected chi connectivity index (χ4v) is 3.17. The maximum atomic E-state index is 14.2. The molecule has 2 aromatic rings. The number of halogens is 5. The van der Waals surface area contributed by atoms with Crippen LogP contribution >= 0.6 is 11.8 Å². The predicted octanol–water partition coefficient (Wildman–Crippen LogP) is 5.64. The third kappa shape index (κ3) is 5.99. The van der Waals surface area contributed by atoms with Crippen molar-refractivity contribution in [1.29, 1.82) is 0 Å². The highest BCUT2D eigenvalue weighted by atomic mass is 32.2. The highest BCUT2D eigenvalue weighted by Gasteiger charge is 2.62. The molecule has 0 radical (unpaired) electrons. The molecular formula is C21H17F5O2S. The van der Waals surface area contributed by atoms with Crippen molar-refractivity contribution in [2.24, 2.45) is 0 Å². The molecule has 2 rings (SSSR count). The SMILES string of the molecule is CCO/C(=C(\Sc1ccccc1)C(O)C#Cc1ccccc1)C(F)(F)C(F)(F)F. The van der Waals surface area contributed by atoms with Gasteiger partial charge in [0.15, 0.2) is 5.76 Å². The molecule has 0 aliphatic heterocycles. The highest BCUT2D eigenvalue weighted by Crippen LogP contribution is 2.46. The van der Waals surface area contributed by atoms with Gasteiger partial charge < -0.3 is 9.84 Å². The smallest absolute Gasteiger partial charge is 0.461 e. The molecule has 29 heavy (non-hydrogen) atoms. The van der Waals surface area contributed by atoms with Gasteiger partial charge in [0.25, 0.3) is 0 Å². The maximum absolute atomic E-state index is 14.2. The van der Waals surface area contributed by atoms with Gasteiger partial charge in [0.1, 0.15) is 6.10 Å². The predicted molar refractivity (Wildman–Crippen MR) is 101 cm³/mol. The van der Waals surface area contributed by atoms with Gasteiger partial charge in [0, 0.05) is 10.5 Å². The van der Waals surface area contributed by atoms with Gasteiger partial charge in [-0.05, 0) is 31.2 Å². The Kier molecular flexibility index (Phi) is 7.71. The standard InChI is InChI=1S/C21H17F5O2S/c1-2-28-19(20(22,23)21(24,25)26)18(29-16-11-7-4-8-12-16)17(27)14-13-15-9-5-3-6-10-15/h3-12,17,27H,2H2,1H3/b19-18-. The van der Waals surface area contributed by atoms with Gasteiger partial charge in [-0.2, -0.15) is 22.0 Å². The first-order chi connectivity index (χ1) is 13.7. The van der Waals surface area contributed by atoms with Crippen LogP contribution in [0.15, 0.2) is 76.2 Å². The zero-order valence-electron chi connectivity index (χ0n) is 15.2. The second-order valence-electron chi connectivity index (χ2n) is 5.65. The summed E-state index contributed by atoms with van der Waals surface area (Å²) in [5.41, 5.74) is 0.469. The van der Waals surface area contributed by atoms with Crippen LogP contribution < -0.4 is 0 Å². The van der Waals surface area contributed by atoms with Gasteiger partial charge in [-0.3, -0.25) is 0 Å². The van der Waals surface area contributed by atoms with Crippen molar-refractivity contribution in [2.75, 3.05) is 6.61 Å². The minimum atomic E-state index is -5.90. The molecule has 154 valence electrons. The zero-order valence-corrected chi connectivity index (χ0v) is 16.0. The van der Waals surface area contributed by atoms with Crippen LogP contribution in [0.4, 0.5) is 22.0 Å². The minimum Gasteiger partial charge on any atom is -0.491 e. The van der Waals surface area contributed by atoms with E-state index in [0.717, 1.165) is 0 Å². The van der Waals surface area contributed by atoms with Crippen LogP contribution in [0.25, 0.3) is 0 Å². The molecule has 8 heteroatoms. The summed E-state index contributed by atoms with van der Waals surface area (Å²) >= 11 is 0.545. The molecule has 1 N–H and O–H groups in total. The lowest BCUT2D eigenvalue weighted by atomic mass is 10.1. The Hall–Kier alpha value is -2.50. The first kappa shape index (κ1) is 22.8. The summed E-state index contributed by atoms with van der Waals surface area (Å²) in [6, 6.07) is 16.2. The summed E-state index contributed by atoms with van der Waals surface area (Å²) in [6.07, 6.45) is -7.82. The summed E-state index contributed by atoms with van der Waals surface area (Å²) in [5, 5.41) is 10.4. The van der Waals surface area contributed by atoms with Crippen LogP contribution in [0.1, 0.15) is 12.5 Å². The van der Waals surface area contributed by atoms with E-state index in [0.29, 0.717) is 22.2 Å². The summed E-state index contributed by atoms with van der Waals surface area (Å²) in [4.78, 5) is -0.373. The quantitative estimate of drug-likeness (QED) is 0.280. The van der Waals surface area contributed by atoms with E-state index in [9.17, 15) is 27.1 Å². The van der Waals surface area contributed by atoms with E-state index in [2.05, 4.69) is 11.8 Å². The Morgan fingerprint density at radius 1 is 1.00 bits per heavy atom. The third-order valence-electron chi connectivity index (χ3n) is 3.50. The summed E-state index contributed by atoms with van der Waals surface area (Å²) in [7, 11) is 0. The Balaban J connectivity index is 2.57. The number of benzene rings is 2. The molecule has 0 saturated carbocycles. The first-order valence-corrected chi connectivity index (χ1v) is 9.28. The molecule has 1 unspecified atom stereocenters. The van der Waals surface area contributed by atoms with Gasteiger partial charge in [-0.1, -0.05) is 60.0 Å². The molecule has 2 nitrogen and oxygen atoms in total. The zero-order chi connectivity index (χ0) is 21.5. The topological polar surface area (TPSA) is 29.5 Å². The van der Waals surface area contributed by atoms with Gasteiger partial charge in [0.05, 0.1) is 11.5 Å². The van der Waals surface area contributed by atoms with E-state index in [1.807, 2.05) is 0 Å². The van der Waals surface area contributed by atoms with E-state index in [-0.39, 0.29) is 0 Å². The Bertz CT molecular complexity index is 884. The van der Waals surface area contributed by atoms with E-state index in [1.54, 1.807) is 48.5 Å². The number of thioether (sulfide) groups is 1. The number of hydrogen-bond donors (Lipinski definition) is 1. The summed E-state index contributed by atoms with van der Waals surface area (Å²) in [5.74, 6) is -2.06. The van der Waals surface area contributed by atoms with E-state index >= 15 is 0 Å². The summed E-state index contributed by atoms with van der Waals surface area (Å²) < 4.78 is 72.1. The lowest BCUT2D eigenvalue weighted by molar-refractivity contribution is -0.277. The number of allylic oxidation sites excluding steroid dienone is 1. The third-order valence-corrected chi connectivity index (χ3v) is 4.64. The van der Waals surface area contributed by atoms with Crippen LogP contribution in [0.2, 0.25) is 0 Å². The molecular weight excluding hydrogens is 411 g/mol. The maximum Gasteiger partial charge on any atom is 0.461 e. The number of aliphatic hydroxyl groups excluding tert-OH is 1. The van der Waals surface area contributed by atoms with Crippen molar-refractivity contribution < 1.29 is 31.8 Å². The van der Waals surface area contributed by atoms with Crippen molar-refractivity contribution in [1.82, 2.24) is 0 Å². The molecule has 0 spiro atoms. The van der Waals surface area contributed by atoms with Crippen molar-refractivity contribution in [3.8, 4) is 11.8 Å². The lowest BCUT2D eigenvalue weighted by Crippen LogP contribution is -2.40. The van der Waals surface area contributed by atoms with Gasteiger partial charge in [-0.25, -0.2) is 0 Å². The number of ether oxygens (including phenoxy) is 1. The molecule has 1 atom stereocenters. The first-order valence-electron chi connectivity index (χ1n) is 8.46. The average molecular weight is 428 g/mol. The molecule has 2 aromatic carbocycles. The van der Waals surface area contributed by atoms with Crippen LogP contribution in [-0.2, 0) is 4.74 Å². The van der Waals surface area contributed by atoms with Crippen molar-refractivity contribution in [3.05, 3.63) is 76.9 Å². The molecule has 0 aliphatic rings. The fraction of sp³-hybridized carbons (Fsp3) is 0.238. The molecule has 0 amide bonds. The Morgan fingerprint density at radius 3 is 2.07 bits per heavy atom. The number of alkyl halides is 5. The molecule has 0 heterocycles. The Morgan fingerprint density at radius 2 is 1.55 bits per heavy atom. The normalized spacial score (nSPS) is 13.8. The van der Waals surface area contributed by atoms with Crippen LogP contribution in [0, 0.1) is 11.8 Å². The number of rotatable bonds is 6. The molecule has 0 saturated heterocycles. The molecule has 0 fully saturated rings. The van der Waals surface area contributed by atoms with Crippen molar-refractivity contribution >= 4 is 11.8 Å². The molecule has 0 bridgehead atoms. The van der Waals surface area contributed by atoms with Crippen molar-refractivity contribution in [2.45, 2.75) is 30.0 Å². The average Bonchev–Trinajstić information content (AvgIpc) is 2.69. The van der Waals surface area contributed by atoms with Crippen molar-refractivity contribution in [3.63, 3.8) is 0 Å². The van der Waals surface area contributed by atoms with E-state index < -0.39 is 35.5 Å². The minimum absolute atomic E-state index is 0.346. The van der Waals surface area contributed by atoms with Crippen LogP contribution in [0.5, 0.6) is 0 Å². The molecule has 0 aromatic heterocycles. The van der Waals surface area contributed by atoms with E-state index in [4.69, 9.17) is 4.74 Å². The van der Waals surface area contributed by atoms with Gasteiger partial charge in [-0.15, -0.1) is 0 Å². The Labute approximate surface area is 169 Å². The van der Waals surface area contributed by atoms with Gasteiger partial charge >= 0.3 is 12.1 Å². The largest absolute Gasteiger partial charge is 0.491 e. The monoisotopic (exact) mass is 428 g/mol. The van der Waals surface area contributed by atoms with Crippen LogP contribution in [-0.4, -0.2) is 29.9 Å². The van der Waals surface area contributed by atoms with Gasteiger partial charge in [0.2, 0.25) is 0 Å². The fourth-order valence-electron chi connectivity index (χ4n) is 2.17. The second kappa shape index (κ2) is 9.81. The van der Waals surface area contributed by atoms with Crippen LogP contribution in [0.3, 0.4) is 0 Å². The lowest BCUT2D eigenvalue weighted by Gasteiger charge is -2.25. The summed E-state index contributed by atoms with van der Waals surface area (Å²) in [6.45, 7) is 0.831. The molecule has 0 aliphatic carbocycles.